The fraction of sp³-hybridized carbons (Fsp3) is 0.385. The standard InChI is InChI=1S/C13H16O4/c1-16-12(14)8-6-10-4-3-5-11(10)7-9-13(15)17-2/h6-9H,3-5H2,1-2H3/b8-6-,9-7+. The Morgan fingerprint density at radius 3 is 1.71 bits per heavy atom. The van der Waals surface area contributed by atoms with Crippen molar-refractivity contribution in [1.82, 2.24) is 0 Å². The lowest BCUT2D eigenvalue weighted by molar-refractivity contribution is -0.135. The molecule has 4 heteroatoms. The van der Waals surface area contributed by atoms with Crippen LogP contribution in [0.4, 0.5) is 0 Å². The summed E-state index contributed by atoms with van der Waals surface area (Å²) in [6.45, 7) is 0. The molecule has 0 saturated heterocycles. The predicted octanol–water partition coefficient (Wildman–Crippen LogP) is 1.93. The monoisotopic (exact) mass is 236 g/mol. The van der Waals surface area contributed by atoms with E-state index < -0.39 is 0 Å². The summed E-state index contributed by atoms with van der Waals surface area (Å²) in [5.41, 5.74) is 2.13. The third kappa shape index (κ3) is 4.26. The molecule has 0 N–H and O–H groups in total. The summed E-state index contributed by atoms with van der Waals surface area (Å²) in [5, 5.41) is 0. The molecule has 92 valence electrons. The first kappa shape index (κ1) is 13.2. The van der Waals surface area contributed by atoms with Crippen LogP contribution in [0.3, 0.4) is 0 Å². The second-order valence-corrected chi connectivity index (χ2v) is 3.62. The van der Waals surface area contributed by atoms with Gasteiger partial charge in [-0.1, -0.05) is 12.2 Å². The Morgan fingerprint density at radius 2 is 1.35 bits per heavy atom. The van der Waals surface area contributed by atoms with Crippen LogP contribution in [0.25, 0.3) is 0 Å². The highest BCUT2D eigenvalue weighted by Crippen LogP contribution is 2.27. The maximum absolute atomic E-state index is 11.0. The van der Waals surface area contributed by atoms with Crippen molar-refractivity contribution in [2.75, 3.05) is 14.2 Å². The predicted molar refractivity (Wildman–Crippen MR) is 63.2 cm³/mol. The highest BCUT2D eigenvalue weighted by Gasteiger charge is 2.10. The molecule has 0 atom stereocenters. The second-order valence-electron chi connectivity index (χ2n) is 3.62. The quantitative estimate of drug-likeness (QED) is 0.553. The topological polar surface area (TPSA) is 52.6 Å². The Kier molecular flexibility index (Phi) is 5.20. The van der Waals surface area contributed by atoms with Crippen molar-refractivity contribution in [3.63, 3.8) is 0 Å². The van der Waals surface area contributed by atoms with Crippen LogP contribution in [0.15, 0.2) is 35.5 Å². The van der Waals surface area contributed by atoms with Gasteiger partial charge >= 0.3 is 11.9 Å². The molecule has 0 spiro atoms. The molecule has 0 radical (unpaired) electrons. The van der Waals surface area contributed by atoms with Gasteiger partial charge in [0, 0.05) is 12.2 Å². The van der Waals surface area contributed by atoms with E-state index in [1.165, 1.54) is 26.4 Å². The highest BCUT2D eigenvalue weighted by atomic mass is 16.5. The van der Waals surface area contributed by atoms with Crippen LogP contribution in [-0.2, 0) is 19.1 Å². The smallest absolute Gasteiger partial charge is 0.330 e. The summed E-state index contributed by atoms with van der Waals surface area (Å²) >= 11 is 0. The lowest BCUT2D eigenvalue weighted by Crippen LogP contribution is -1.95. The van der Waals surface area contributed by atoms with Gasteiger partial charge in [0.25, 0.3) is 0 Å². The lowest BCUT2D eigenvalue weighted by atomic mass is 10.1. The minimum atomic E-state index is -0.374. The molecular weight excluding hydrogens is 220 g/mol. The molecule has 0 aliphatic heterocycles. The van der Waals surface area contributed by atoms with E-state index in [1.807, 2.05) is 0 Å². The van der Waals surface area contributed by atoms with Crippen molar-refractivity contribution in [3.8, 4) is 0 Å². The number of hydrogen-bond acceptors (Lipinski definition) is 4. The Bertz CT molecular complexity index is 352. The average Bonchev–Trinajstić information content (AvgIpc) is 2.80. The van der Waals surface area contributed by atoms with E-state index in [0.29, 0.717) is 0 Å². The number of carbonyl (C=O) groups excluding carboxylic acids is 2. The molecule has 4 nitrogen and oxygen atoms in total. The molecule has 1 rings (SSSR count). The van der Waals surface area contributed by atoms with Gasteiger partial charge in [-0.25, -0.2) is 9.59 Å². The molecule has 0 heterocycles. The summed E-state index contributed by atoms with van der Waals surface area (Å²) in [6, 6.07) is 0. The third-order valence-corrected chi connectivity index (χ3v) is 2.55. The summed E-state index contributed by atoms with van der Waals surface area (Å²) in [6.07, 6.45) is 9.13. The van der Waals surface area contributed by atoms with Crippen molar-refractivity contribution >= 4 is 11.9 Å². The van der Waals surface area contributed by atoms with Gasteiger partial charge in [-0.05, 0) is 30.4 Å². The number of rotatable bonds is 4. The van der Waals surface area contributed by atoms with Crippen LogP contribution in [0.2, 0.25) is 0 Å². The van der Waals surface area contributed by atoms with E-state index in [-0.39, 0.29) is 11.9 Å². The van der Waals surface area contributed by atoms with E-state index in [4.69, 9.17) is 0 Å². The van der Waals surface area contributed by atoms with Crippen LogP contribution in [0.1, 0.15) is 19.3 Å². The third-order valence-electron chi connectivity index (χ3n) is 2.55. The summed E-state index contributed by atoms with van der Waals surface area (Å²) in [7, 11) is 2.68. The van der Waals surface area contributed by atoms with Crippen LogP contribution in [0, 0.1) is 0 Å². The molecular formula is C13H16O4. The van der Waals surface area contributed by atoms with Gasteiger partial charge in [0.2, 0.25) is 0 Å². The molecule has 0 bridgehead atoms. The maximum Gasteiger partial charge on any atom is 0.330 e. The molecule has 0 aromatic carbocycles. The van der Waals surface area contributed by atoms with E-state index in [1.54, 1.807) is 12.2 Å². The maximum atomic E-state index is 11.0. The fourth-order valence-electron chi connectivity index (χ4n) is 1.64. The van der Waals surface area contributed by atoms with Gasteiger partial charge in [0.1, 0.15) is 0 Å². The molecule has 0 aromatic heterocycles. The number of ether oxygens (including phenoxy) is 2. The number of carbonyl (C=O) groups is 2. The number of esters is 2. The van der Waals surface area contributed by atoms with E-state index in [0.717, 1.165) is 30.4 Å². The van der Waals surface area contributed by atoms with Gasteiger partial charge in [-0.2, -0.15) is 0 Å². The first-order chi connectivity index (χ1) is 8.17. The number of methoxy groups -OCH3 is 2. The summed E-state index contributed by atoms with van der Waals surface area (Å²) in [5.74, 6) is -0.749. The van der Waals surface area contributed by atoms with Crippen molar-refractivity contribution in [2.24, 2.45) is 0 Å². The largest absolute Gasteiger partial charge is 0.466 e. The van der Waals surface area contributed by atoms with Crippen molar-refractivity contribution in [1.29, 1.82) is 0 Å². The molecule has 1 aliphatic carbocycles. The van der Waals surface area contributed by atoms with E-state index >= 15 is 0 Å². The minimum Gasteiger partial charge on any atom is -0.466 e. The summed E-state index contributed by atoms with van der Waals surface area (Å²) in [4.78, 5) is 21.9. The molecule has 0 amide bonds. The number of allylic oxidation sites excluding steroid dienone is 4. The minimum absolute atomic E-state index is 0.374. The van der Waals surface area contributed by atoms with Gasteiger partial charge in [-0.3, -0.25) is 0 Å². The summed E-state index contributed by atoms with van der Waals surface area (Å²) < 4.78 is 9.04. The van der Waals surface area contributed by atoms with Crippen molar-refractivity contribution < 1.29 is 19.1 Å². The van der Waals surface area contributed by atoms with E-state index in [2.05, 4.69) is 9.47 Å². The van der Waals surface area contributed by atoms with Crippen molar-refractivity contribution in [2.45, 2.75) is 19.3 Å². The molecule has 0 saturated carbocycles. The van der Waals surface area contributed by atoms with E-state index in [9.17, 15) is 9.59 Å². The normalized spacial score (nSPS) is 15.9. The van der Waals surface area contributed by atoms with Crippen LogP contribution in [-0.4, -0.2) is 26.2 Å². The molecule has 0 fully saturated rings. The van der Waals surface area contributed by atoms with Gasteiger partial charge in [0.15, 0.2) is 0 Å². The molecule has 0 unspecified atom stereocenters. The molecule has 0 aromatic rings. The Hall–Kier alpha value is -1.84. The zero-order valence-corrected chi connectivity index (χ0v) is 10.1. The highest BCUT2D eigenvalue weighted by molar-refractivity contribution is 5.83. The Balaban J connectivity index is 2.73. The second kappa shape index (κ2) is 6.68. The van der Waals surface area contributed by atoms with Gasteiger partial charge < -0.3 is 9.47 Å². The fourth-order valence-corrected chi connectivity index (χ4v) is 1.64. The van der Waals surface area contributed by atoms with Gasteiger partial charge in [-0.15, -0.1) is 0 Å². The van der Waals surface area contributed by atoms with Crippen LogP contribution in [0.5, 0.6) is 0 Å². The van der Waals surface area contributed by atoms with Crippen LogP contribution < -0.4 is 0 Å². The average molecular weight is 236 g/mol. The van der Waals surface area contributed by atoms with Crippen molar-refractivity contribution in [3.05, 3.63) is 35.5 Å². The van der Waals surface area contributed by atoms with Crippen LogP contribution >= 0.6 is 0 Å². The zero-order chi connectivity index (χ0) is 12.7. The Labute approximate surface area is 101 Å². The first-order valence-electron chi connectivity index (χ1n) is 5.41. The lowest BCUT2D eigenvalue weighted by Gasteiger charge is -1.97. The van der Waals surface area contributed by atoms with Gasteiger partial charge in [0.05, 0.1) is 14.2 Å². The first-order valence-corrected chi connectivity index (χ1v) is 5.41. The Morgan fingerprint density at radius 1 is 0.941 bits per heavy atom. The zero-order valence-electron chi connectivity index (χ0n) is 10.1. The SMILES string of the molecule is COC(=O)/C=C\C1=C(/C=C/C(=O)OC)CCC1. The molecule has 1 aliphatic rings. The number of hydrogen-bond donors (Lipinski definition) is 0. The molecule has 17 heavy (non-hydrogen) atoms.